The van der Waals surface area contributed by atoms with Crippen molar-refractivity contribution in [1.29, 1.82) is 0 Å². The molecule has 3 aromatic rings. The molecule has 29 heavy (non-hydrogen) atoms. The number of aromatic nitrogens is 1. The standard InChI is InChI=1S/C19H14N4O5S/c1-2-11-21-16-9-8-15(23(27)28)12-17(16)29-19(21)20-18(24)10-5-13-3-6-14(7-4-13)22(25)26/h2-10,12H,1,11H2/b10-5-,20-19?. The van der Waals surface area contributed by atoms with Crippen LogP contribution >= 0.6 is 11.3 Å². The van der Waals surface area contributed by atoms with E-state index in [0.717, 1.165) is 11.3 Å². The van der Waals surface area contributed by atoms with Crippen molar-refractivity contribution in [2.45, 2.75) is 6.54 Å². The van der Waals surface area contributed by atoms with E-state index in [1.54, 1.807) is 16.7 Å². The summed E-state index contributed by atoms with van der Waals surface area (Å²) in [6.07, 6.45) is 4.40. The van der Waals surface area contributed by atoms with Gasteiger partial charge < -0.3 is 4.57 Å². The van der Waals surface area contributed by atoms with E-state index in [0.29, 0.717) is 27.1 Å². The summed E-state index contributed by atoms with van der Waals surface area (Å²) in [4.78, 5) is 37.4. The van der Waals surface area contributed by atoms with E-state index in [4.69, 9.17) is 0 Å². The maximum atomic E-state index is 12.3. The molecule has 0 spiro atoms. The Bertz CT molecular complexity index is 1220. The lowest BCUT2D eigenvalue weighted by Crippen LogP contribution is -2.15. The Kier molecular flexibility index (Phi) is 5.74. The topological polar surface area (TPSA) is 121 Å². The fourth-order valence-electron chi connectivity index (χ4n) is 2.57. The van der Waals surface area contributed by atoms with Crippen LogP contribution < -0.4 is 4.80 Å². The third-order valence-corrected chi connectivity index (χ3v) is 4.96. The Morgan fingerprint density at radius 3 is 2.38 bits per heavy atom. The minimum Gasteiger partial charge on any atom is -0.312 e. The Labute approximate surface area is 167 Å². The number of non-ortho nitro benzene ring substituents is 2. The highest BCUT2D eigenvalue weighted by atomic mass is 32.1. The van der Waals surface area contributed by atoms with Crippen LogP contribution in [0.15, 0.2) is 66.2 Å². The molecule has 9 nitrogen and oxygen atoms in total. The van der Waals surface area contributed by atoms with Crippen molar-refractivity contribution in [3.8, 4) is 0 Å². The molecular weight excluding hydrogens is 396 g/mol. The van der Waals surface area contributed by atoms with Gasteiger partial charge in [0.05, 0.1) is 20.1 Å². The lowest BCUT2D eigenvalue weighted by molar-refractivity contribution is -0.385. The average molecular weight is 410 g/mol. The van der Waals surface area contributed by atoms with Gasteiger partial charge in [-0.25, -0.2) is 0 Å². The summed E-state index contributed by atoms with van der Waals surface area (Å²) >= 11 is 1.16. The third-order valence-electron chi connectivity index (χ3n) is 3.92. The first-order chi connectivity index (χ1) is 13.9. The van der Waals surface area contributed by atoms with Crippen molar-refractivity contribution in [2.24, 2.45) is 4.99 Å². The predicted octanol–water partition coefficient (Wildman–Crippen LogP) is 3.85. The van der Waals surface area contributed by atoms with Crippen molar-refractivity contribution in [1.82, 2.24) is 4.57 Å². The van der Waals surface area contributed by atoms with Crippen LogP contribution in [-0.4, -0.2) is 20.3 Å². The monoisotopic (exact) mass is 410 g/mol. The van der Waals surface area contributed by atoms with Gasteiger partial charge in [-0.3, -0.25) is 25.0 Å². The minimum absolute atomic E-state index is 0.0389. The normalized spacial score (nSPS) is 11.8. The zero-order valence-corrected chi connectivity index (χ0v) is 15.7. The SMILES string of the molecule is C=CCn1c(=NC(=O)/C=C\c2ccc([N+](=O)[O-])cc2)sc2cc([N+](=O)[O-])ccc21. The lowest BCUT2D eigenvalue weighted by atomic mass is 10.2. The number of nitro benzene ring substituents is 2. The number of fused-ring (bicyclic) bond motifs is 1. The maximum absolute atomic E-state index is 12.3. The smallest absolute Gasteiger partial charge is 0.272 e. The Hall–Kier alpha value is -3.92. The first kappa shape index (κ1) is 19.8. The molecule has 0 saturated carbocycles. The second-order valence-corrected chi connectivity index (χ2v) is 6.83. The number of rotatable bonds is 6. The van der Waals surface area contributed by atoms with E-state index in [1.807, 2.05) is 0 Å². The first-order valence-electron chi connectivity index (χ1n) is 8.29. The van der Waals surface area contributed by atoms with Crippen LogP contribution in [0.25, 0.3) is 16.3 Å². The van der Waals surface area contributed by atoms with E-state index in [9.17, 15) is 25.0 Å². The van der Waals surface area contributed by atoms with Gasteiger partial charge in [0, 0.05) is 36.9 Å². The van der Waals surface area contributed by atoms with Crippen molar-refractivity contribution in [2.75, 3.05) is 0 Å². The van der Waals surface area contributed by atoms with Crippen molar-refractivity contribution >= 4 is 44.9 Å². The second-order valence-electron chi connectivity index (χ2n) is 5.83. The predicted molar refractivity (Wildman–Crippen MR) is 109 cm³/mol. The average Bonchev–Trinajstić information content (AvgIpc) is 3.03. The number of thiazole rings is 1. The van der Waals surface area contributed by atoms with Gasteiger partial charge in [0.1, 0.15) is 0 Å². The summed E-state index contributed by atoms with van der Waals surface area (Å²) in [7, 11) is 0. The van der Waals surface area contributed by atoms with Gasteiger partial charge in [-0.1, -0.05) is 17.4 Å². The molecular formula is C19H14N4O5S. The summed E-state index contributed by atoms with van der Waals surface area (Å²) in [5.74, 6) is -0.526. The van der Waals surface area contributed by atoms with E-state index in [-0.39, 0.29) is 11.4 Å². The number of nitrogens with zero attached hydrogens (tertiary/aromatic N) is 4. The molecule has 1 amide bonds. The number of amides is 1. The summed E-state index contributed by atoms with van der Waals surface area (Å²) in [5.41, 5.74) is 1.25. The van der Waals surface area contributed by atoms with Crippen LogP contribution in [0.2, 0.25) is 0 Å². The molecule has 0 radical (unpaired) electrons. The molecule has 1 aromatic heterocycles. The van der Waals surface area contributed by atoms with Gasteiger partial charge in [-0.2, -0.15) is 4.99 Å². The highest BCUT2D eigenvalue weighted by Crippen LogP contribution is 2.23. The summed E-state index contributed by atoms with van der Waals surface area (Å²) in [5, 5.41) is 21.7. The number of hydrogen-bond donors (Lipinski definition) is 0. The van der Waals surface area contributed by atoms with E-state index in [2.05, 4.69) is 11.6 Å². The third kappa shape index (κ3) is 4.50. The van der Waals surface area contributed by atoms with Gasteiger partial charge in [-0.05, 0) is 29.8 Å². The van der Waals surface area contributed by atoms with Crippen molar-refractivity contribution in [3.63, 3.8) is 0 Å². The first-order valence-corrected chi connectivity index (χ1v) is 9.10. The van der Waals surface area contributed by atoms with Crippen LogP contribution in [-0.2, 0) is 11.3 Å². The van der Waals surface area contributed by atoms with Crippen LogP contribution in [0.4, 0.5) is 11.4 Å². The van der Waals surface area contributed by atoms with Crippen molar-refractivity contribution in [3.05, 3.63) is 91.8 Å². The van der Waals surface area contributed by atoms with Crippen LogP contribution in [0.1, 0.15) is 5.56 Å². The van der Waals surface area contributed by atoms with Gasteiger partial charge >= 0.3 is 0 Å². The number of benzene rings is 2. The zero-order valence-electron chi connectivity index (χ0n) is 14.9. The lowest BCUT2D eigenvalue weighted by Gasteiger charge is -2.00. The van der Waals surface area contributed by atoms with Gasteiger partial charge in [0.25, 0.3) is 17.3 Å². The molecule has 0 aliphatic carbocycles. The largest absolute Gasteiger partial charge is 0.312 e. The second kappa shape index (κ2) is 8.40. The molecule has 0 aliphatic rings. The van der Waals surface area contributed by atoms with Crippen molar-refractivity contribution < 1.29 is 14.6 Å². The number of carbonyl (C=O) groups excluding carboxylic acids is 1. The van der Waals surface area contributed by atoms with E-state index >= 15 is 0 Å². The Morgan fingerprint density at radius 1 is 1.10 bits per heavy atom. The number of hydrogen-bond acceptors (Lipinski definition) is 6. The highest BCUT2D eigenvalue weighted by molar-refractivity contribution is 7.16. The molecule has 146 valence electrons. The zero-order chi connectivity index (χ0) is 21.0. The number of carbonyl (C=O) groups is 1. The molecule has 2 aromatic carbocycles. The molecule has 0 aliphatic heterocycles. The molecule has 3 rings (SSSR count). The van der Waals surface area contributed by atoms with Crippen LogP contribution in [0.3, 0.4) is 0 Å². The molecule has 0 saturated heterocycles. The number of allylic oxidation sites excluding steroid dienone is 1. The molecule has 1 heterocycles. The fourth-order valence-corrected chi connectivity index (χ4v) is 3.65. The minimum atomic E-state index is -0.526. The highest BCUT2D eigenvalue weighted by Gasteiger charge is 2.12. The van der Waals surface area contributed by atoms with Gasteiger partial charge in [-0.15, -0.1) is 6.58 Å². The van der Waals surface area contributed by atoms with Gasteiger partial charge in [0.15, 0.2) is 4.80 Å². The molecule has 0 unspecified atom stereocenters. The molecule has 10 heteroatoms. The van der Waals surface area contributed by atoms with Crippen LogP contribution in [0.5, 0.6) is 0 Å². The molecule has 0 N–H and O–H groups in total. The van der Waals surface area contributed by atoms with E-state index < -0.39 is 15.8 Å². The van der Waals surface area contributed by atoms with E-state index in [1.165, 1.54) is 48.6 Å². The summed E-state index contributed by atoms with van der Waals surface area (Å²) in [6, 6.07) is 10.2. The fraction of sp³-hybridized carbons (Fsp3) is 0.0526. The summed E-state index contributed by atoms with van der Waals surface area (Å²) < 4.78 is 2.38. The maximum Gasteiger partial charge on any atom is 0.272 e. The Morgan fingerprint density at radius 2 is 1.76 bits per heavy atom. The van der Waals surface area contributed by atoms with Gasteiger partial charge in [0.2, 0.25) is 0 Å². The van der Waals surface area contributed by atoms with Crippen LogP contribution in [0, 0.1) is 20.2 Å². The molecule has 0 fully saturated rings. The molecule has 0 atom stereocenters. The number of nitro groups is 2. The molecule has 0 bridgehead atoms. The Balaban J connectivity index is 1.94. The summed E-state index contributed by atoms with van der Waals surface area (Å²) in [6.45, 7) is 4.08. The quantitative estimate of drug-likeness (QED) is 0.264.